The van der Waals surface area contributed by atoms with Crippen LogP contribution in [0.15, 0.2) is 59.6 Å². The van der Waals surface area contributed by atoms with E-state index in [1.165, 1.54) is 5.56 Å². The van der Waals surface area contributed by atoms with Crippen molar-refractivity contribution < 1.29 is 10.2 Å². The fraction of sp³-hybridized carbons (Fsp3) is 0.316. The van der Waals surface area contributed by atoms with Gasteiger partial charge in [0, 0.05) is 6.04 Å². The van der Waals surface area contributed by atoms with Crippen LogP contribution in [0.25, 0.3) is 0 Å². The van der Waals surface area contributed by atoms with Crippen molar-refractivity contribution in [2.45, 2.75) is 25.8 Å². The molecule has 1 unspecified atom stereocenters. The van der Waals surface area contributed by atoms with E-state index in [0.717, 1.165) is 12.8 Å². The first-order chi connectivity index (χ1) is 11.7. The van der Waals surface area contributed by atoms with Gasteiger partial charge in [-0.05, 0) is 37.5 Å². The fourth-order valence-electron chi connectivity index (χ4n) is 2.32. The maximum absolute atomic E-state index is 9.88. The summed E-state index contributed by atoms with van der Waals surface area (Å²) in [5.74, 6) is 0.707. The second-order valence-electron chi connectivity index (χ2n) is 5.67. The Morgan fingerprint density at radius 1 is 1.08 bits per heavy atom. The lowest BCUT2D eigenvalue weighted by Crippen LogP contribution is -2.38. The number of nitrogens with one attached hydrogen (secondary N) is 2. The Morgan fingerprint density at radius 2 is 1.79 bits per heavy atom. The maximum Gasteiger partial charge on any atom is 0.196 e. The van der Waals surface area contributed by atoms with Gasteiger partial charge in [-0.25, -0.2) is 0 Å². The van der Waals surface area contributed by atoms with Crippen molar-refractivity contribution in [2.24, 2.45) is 4.99 Å². The van der Waals surface area contributed by atoms with E-state index >= 15 is 0 Å². The molecule has 4 N–H and O–H groups in total. The van der Waals surface area contributed by atoms with Gasteiger partial charge in [0.1, 0.15) is 5.75 Å². The van der Waals surface area contributed by atoms with Gasteiger partial charge in [0.2, 0.25) is 0 Å². The maximum atomic E-state index is 9.88. The molecule has 24 heavy (non-hydrogen) atoms. The van der Waals surface area contributed by atoms with Gasteiger partial charge in [0.25, 0.3) is 0 Å². The number of phenols is 1. The SMILES string of the molecule is CC(CCc1ccccc1)NC(=NCCO)Nc1ccccc1O. The van der Waals surface area contributed by atoms with Crippen LogP contribution in [0.5, 0.6) is 5.75 Å². The smallest absolute Gasteiger partial charge is 0.196 e. The monoisotopic (exact) mass is 327 g/mol. The number of aliphatic imine (C=N–C) groups is 1. The number of hydrogen-bond acceptors (Lipinski definition) is 3. The lowest BCUT2D eigenvalue weighted by Gasteiger charge is -2.19. The lowest BCUT2D eigenvalue weighted by molar-refractivity contribution is 0.306. The van der Waals surface area contributed by atoms with Gasteiger partial charge in [-0.15, -0.1) is 0 Å². The molecule has 128 valence electrons. The van der Waals surface area contributed by atoms with Crippen molar-refractivity contribution in [2.75, 3.05) is 18.5 Å². The summed E-state index contributed by atoms with van der Waals surface area (Å²) in [6, 6.07) is 17.5. The highest BCUT2D eigenvalue weighted by molar-refractivity contribution is 5.95. The molecule has 0 fully saturated rings. The highest BCUT2D eigenvalue weighted by atomic mass is 16.3. The molecule has 2 aromatic carbocycles. The quantitative estimate of drug-likeness (QED) is 0.358. The first-order valence-electron chi connectivity index (χ1n) is 8.20. The van der Waals surface area contributed by atoms with Crippen LogP contribution >= 0.6 is 0 Å². The molecule has 0 bridgehead atoms. The first kappa shape index (κ1) is 17.8. The Morgan fingerprint density at radius 3 is 2.50 bits per heavy atom. The molecule has 0 spiro atoms. The number of aryl methyl sites for hydroxylation is 1. The molecule has 5 nitrogen and oxygen atoms in total. The van der Waals surface area contributed by atoms with Crippen LogP contribution in [0, 0.1) is 0 Å². The second kappa shape index (κ2) is 9.57. The highest BCUT2D eigenvalue weighted by Crippen LogP contribution is 2.21. The molecule has 0 aliphatic carbocycles. The highest BCUT2D eigenvalue weighted by Gasteiger charge is 2.08. The van der Waals surface area contributed by atoms with Gasteiger partial charge in [-0.1, -0.05) is 42.5 Å². The summed E-state index contributed by atoms with van der Waals surface area (Å²) >= 11 is 0. The number of aromatic hydroxyl groups is 1. The summed E-state index contributed by atoms with van der Waals surface area (Å²) in [7, 11) is 0. The van der Waals surface area contributed by atoms with Crippen LogP contribution in [-0.2, 0) is 6.42 Å². The van der Waals surface area contributed by atoms with Gasteiger partial charge < -0.3 is 20.8 Å². The second-order valence-corrected chi connectivity index (χ2v) is 5.67. The molecule has 5 heteroatoms. The van der Waals surface area contributed by atoms with Gasteiger partial charge in [-0.3, -0.25) is 4.99 Å². The number of guanidine groups is 1. The van der Waals surface area contributed by atoms with Gasteiger partial charge in [0.15, 0.2) is 5.96 Å². The number of anilines is 1. The Balaban J connectivity index is 1.94. The predicted molar refractivity (Wildman–Crippen MR) is 98.5 cm³/mol. The first-order valence-corrected chi connectivity index (χ1v) is 8.20. The normalized spacial score (nSPS) is 12.7. The largest absolute Gasteiger partial charge is 0.506 e. The van der Waals surface area contributed by atoms with E-state index in [2.05, 4.69) is 34.7 Å². The molecule has 0 aromatic heterocycles. The van der Waals surface area contributed by atoms with Crippen molar-refractivity contribution in [3.63, 3.8) is 0 Å². The van der Waals surface area contributed by atoms with E-state index in [1.807, 2.05) is 24.3 Å². The van der Waals surface area contributed by atoms with Crippen LogP contribution in [0.1, 0.15) is 18.9 Å². The zero-order valence-electron chi connectivity index (χ0n) is 13.9. The minimum absolute atomic E-state index is 0.0218. The van der Waals surface area contributed by atoms with Crippen molar-refractivity contribution in [1.29, 1.82) is 0 Å². The number of phenolic OH excluding ortho intramolecular Hbond substituents is 1. The average molecular weight is 327 g/mol. The Bertz CT molecular complexity index is 644. The van der Waals surface area contributed by atoms with E-state index in [4.69, 9.17) is 5.11 Å². The standard InChI is InChI=1S/C19H25N3O2/c1-15(11-12-16-7-3-2-4-8-16)21-19(20-13-14-23)22-17-9-5-6-10-18(17)24/h2-10,15,23-24H,11-14H2,1H3,(H2,20,21,22). The number of aliphatic hydroxyl groups is 1. The molecule has 1 atom stereocenters. The third kappa shape index (κ3) is 5.93. The number of rotatable bonds is 7. The summed E-state index contributed by atoms with van der Waals surface area (Å²) in [6.45, 7) is 2.37. The molecule has 0 amide bonds. The predicted octanol–water partition coefficient (Wildman–Crippen LogP) is 2.76. The van der Waals surface area contributed by atoms with E-state index in [0.29, 0.717) is 18.2 Å². The topological polar surface area (TPSA) is 76.9 Å². The Labute approximate surface area is 143 Å². The van der Waals surface area contributed by atoms with Crippen LogP contribution in [0.4, 0.5) is 5.69 Å². The summed E-state index contributed by atoms with van der Waals surface area (Å²) in [5, 5.41) is 25.3. The number of benzene rings is 2. The van der Waals surface area contributed by atoms with Gasteiger partial charge in [-0.2, -0.15) is 0 Å². The van der Waals surface area contributed by atoms with Gasteiger partial charge >= 0.3 is 0 Å². The molecular formula is C19H25N3O2. The fourth-order valence-corrected chi connectivity index (χ4v) is 2.32. The average Bonchev–Trinajstić information content (AvgIpc) is 2.60. The lowest BCUT2D eigenvalue weighted by atomic mass is 10.1. The summed E-state index contributed by atoms with van der Waals surface area (Å²) in [6.07, 6.45) is 1.92. The third-order valence-corrected chi connectivity index (χ3v) is 3.62. The van der Waals surface area contributed by atoms with E-state index in [1.54, 1.807) is 18.2 Å². The molecule has 2 rings (SSSR count). The molecule has 0 aliphatic heterocycles. The van der Waals surface area contributed by atoms with E-state index in [9.17, 15) is 5.11 Å². The Hall–Kier alpha value is -2.53. The molecule has 0 saturated heterocycles. The van der Waals surface area contributed by atoms with Crippen molar-refractivity contribution in [3.8, 4) is 5.75 Å². The van der Waals surface area contributed by atoms with Crippen LogP contribution in [-0.4, -0.2) is 35.4 Å². The van der Waals surface area contributed by atoms with Crippen molar-refractivity contribution in [3.05, 3.63) is 60.2 Å². The summed E-state index contributed by atoms with van der Waals surface area (Å²) in [4.78, 5) is 4.31. The number of hydrogen-bond donors (Lipinski definition) is 4. The van der Waals surface area contributed by atoms with E-state index in [-0.39, 0.29) is 18.4 Å². The molecule has 0 saturated carbocycles. The van der Waals surface area contributed by atoms with Crippen molar-refractivity contribution in [1.82, 2.24) is 5.32 Å². The third-order valence-electron chi connectivity index (χ3n) is 3.62. The van der Waals surface area contributed by atoms with Crippen LogP contribution < -0.4 is 10.6 Å². The molecule has 2 aromatic rings. The zero-order chi connectivity index (χ0) is 17.2. The van der Waals surface area contributed by atoms with Crippen LogP contribution in [0.3, 0.4) is 0 Å². The van der Waals surface area contributed by atoms with Crippen molar-refractivity contribution >= 4 is 11.6 Å². The number of aliphatic hydroxyl groups excluding tert-OH is 1. The summed E-state index contributed by atoms with van der Waals surface area (Å²) < 4.78 is 0. The molecule has 0 aliphatic rings. The minimum Gasteiger partial charge on any atom is -0.506 e. The van der Waals surface area contributed by atoms with Crippen LogP contribution in [0.2, 0.25) is 0 Å². The minimum atomic E-state index is -0.0218. The molecule has 0 heterocycles. The molecule has 0 radical (unpaired) electrons. The zero-order valence-corrected chi connectivity index (χ0v) is 13.9. The molecular weight excluding hydrogens is 302 g/mol. The Kier molecular flexibility index (Phi) is 7.11. The number of nitrogens with zero attached hydrogens (tertiary/aromatic N) is 1. The number of para-hydroxylation sites is 2. The van der Waals surface area contributed by atoms with Gasteiger partial charge in [0.05, 0.1) is 18.8 Å². The summed E-state index contributed by atoms with van der Waals surface area (Å²) in [5.41, 5.74) is 1.88. The van der Waals surface area contributed by atoms with E-state index < -0.39 is 0 Å².